The smallest absolute Gasteiger partial charge is 0.236 e. The number of aryl methyl sites for hydroxylation is 1. The van der Waals surface area contributed by atoms with E-state index in [2.05, 4.69) is 0 Å². The van der Waals surface area contributed by atoms with Crippen molar-refractivity contribution in [2.45, 2.75) is 13.8 Å². The van der Waals surface area contributed by atoms with E-state index in [0.717, 1.165) is 5.56 Å². The Balaban J connectivity index is 2.63. The van der Waals surface area contributed by atoms with Gasteiger partial charge in [0, 0.05) is 19.7 Å². The minimum absolute atomic E-state index is 0.0126. The molecule has 1 amide bonds. The number of hydrogen-bond acceptors (Lipinski definition) is 3. The molecule has 0 fully saturated rings. The van der Waals surface area contributed by atoms with E-state index < -0.39 is 0 Å². The van der Waals surface area contributed by atoms with Gasteiger partial charge in [0.2, 0.25) is 5.91 Å². The van der Waals surface area contributed by atoms with Gasteiger partial charge >= 0.3 is 0 Å². The molecule has 4 heteroatoms. The van der Waals surface area contributed by atoms with E-state index in [9.17, 15) is 9.59 Å². The molecule has 0 unspecified atom stereocenters. The molecule has 0 N–H and O–H groups in total. The van der Waals surface area contributed by atoms with Crippen molar-refractivity contribution in [1.29, 1.82) is 0 Å². The number of nitrogens with zero attached hydrogens (tertiary/aromatic N) is 2. The predicted octanol–water partition coefficient (Wildman–Crippen LogP) is 1.59. The molecule has 1 rings (SSSR count). The standard InChI is InChI=1S/C15H22N2O2/c1-5-17(11-15(19)16(3)4)10-14(18)13-8-6-12(2)7-9-13/h6-9H,5,10-11H2,1-4H3. The Labute approximate surface area is 115 Å². The van der Waals surface area contributed by atoms with Crippen LogP contribution >= 0.6 is 0 Å². The van der Waals surface area contributed by atoms with E-state index in [1.807, 2.05) is 43.0 Å². The number of hydrogen-bond donors (Lipinski definition) is 0. The Morgan fingerprint density at radius 2 is 1.63 bits per heavy atom. The Hall–Kier alpha value is -1.68. The first-order chi connectivity index (χ1) is 8.93. The summed E-state index contributed by atoms with van der Waals surface area (Å²) in [6.45, 7) is 5.17. The molecular formula is C15H22N2O2. The first-order valence-electron chi connectivity index (χ1n) is 6.46. The molecule has 1 aromatic rings. The number of likely N-dealkylation sites (N-methyl/N-ethyl adjacent to an activating group) is 2. The van der Waals surface area contributed by atoms with Gasteiger partial charge in [-0.2, -0.15) is 0 Å². The monoisotopic (exact) mass is 262 g/mol. The highest BCUT2D eigenvalue weighted by Crippen LogP contribution is 2.05. The molecule has 0 aliphatic carbocycles. The van der Waals surface area contributed by atoms with Crippen molar-refractivity contribution >= 4 is 11.7 Å². The fourth-order valence-corrected chi connectivity index (χ4v) is 1.65. The lowest BCUT2D eigenvalue weighted by molar-refractivity contribution is -0.129. The van der Waals surface area contributed by atoms with Crippen LogP contribution in [0.2, 0.25) is 0 Å². The Bertz CT molecular complexity index is 438. The summed E-state index contributed by atoms with van der Waals surface area (Å²) >= 11 is 0. The number of Topliss-reactive ketones (excluding diaryl/α,β-unsaturated/α-hetero) is 1. The predicted molar refractivity (Wildman–Crippen MR) is 76.3 cm³/mol. The zero-order valence-corrected chi connectivity index (χ0v) is 12.1. The Morgan fingerprint density at radius 1 is 1.05 bits per heavy atom. The van der Waals surface area contributed by atoms with Crippen molar-refractivity contribution in [2.75, 3.05) is 33.7 Å². The zero-order valence-electron chi connectivity index (χ0n) is 12.1. The maximum Gasteiger partial charge on any atom is 0.236 e. The lowest BCUT2D eigenvalue weighted by atomic mass is 10.1. The summed E-state index contributed by atoms with van der Waals surface area (Å²) in [5.74, 6) is 0.0620. The van der Waals surface area contributed by atoms with E-state index in [1.165, 1.54) is 0 Å². The van der Waals surface area contributed by atoms with Crippen LogP contribution < -0.4 is 0 Å². The summed E-state index contributed by atoms with van der Waals surface area (Å²) in [4.78, 5) is 27.2. The van der Waals surface area contributed by atoms with Gasteiger partial charge in [0.15, 0.2) is 5.78 Å². The third kappa shape index (κ3) is 4.83. The number of amides is 1. The molecule has 104 valence electrons. The maximum absolute atomic E-state index is 12.1. The van der Waals surface area contributed by atoms with Gasteiger partial charge in [0.05, 0.1) is 13.1 Å². The number of carbonyl (C=O) groups is 2. The molecule has 0 atom stereocenters. The Morgan fingerprint density at radius 3 is 2.11 bits per heavy atom. The highest BCUT2D eigenvalue weighted by molar-refractivity contribution is 5.97. The topological polar surface area (TPSA) is 40.6 Å². The number of benzene rings is 1. The van der Waals surface area contributed by atoms with Gasteiger partial charge in [-0.1, -0.05) is 36.8 Å². The van der Waals surface area contributed by atoms with Crippen LogP contribution in [0.25, 0.3) is 0 Å². The molecule has 0 saturated heterocycles. The highest BCUT2D eigenvalue weighted by atomic mass is 16.2. The molecule has 1 aromatic carbocycles. The first kappa shape index (κ1) is 15.4. The number of rotatable bonds is 6. The van der Waals surface area contributed by atoms with Crippen molar-refractivity contribution in [2.24, 2.45) is 0 Å². The van der Waals surface area contributed by atoms with E-state index >= 15 is 0 Å². The van der Waals surface area contributed by atoms with Crippen molar-refractivity contribution in [3.63, 3.8) is 0 Å². The lowest BCUT2D eigenvalue weighted by Crippen LogP contribution is -2.39. The van der Waals surface area contributed by atoms with Crippen LogP contribution in [0, 0.1) is 6.92 Å². The fraction of sp³-hybridized carbons (Fsp3) is 0.467. The minimum Gasteiger partial charge on any atom is -0.348 e. The van der Waals surface area contributed by atoms with Gasteiger partial charge in [-0.25, -0.2) is 0 Å². The summed E-state index contributed by atoms with van der Waals surface area (Å²) in [5, 5.41) is 0. The van der Waals surface area contributed by atoms with Gasteiger partial charge in [0.25, 0.3) is 0 Å². The minimum atomic E-state index is 0.0126. The van der Waals surface area contributed by atoms with Crippen molar-refractivity contribution in [3.8, 4) is 0 Å². The second kappa shape index (κ2) is 7.04. The van der Waals surface area contributed by atoms with Crippen LogP contribution in [0.1, 0.15) is 22.8 Å². The molecule has 19 heavy (non-hydrogen) atoms. The molecule has 0 aromatic heterocycles. The number of ketones is 1. The van der Waals surface area contributed by atoms with Gasteiger partial charge in [-0.3, -0.25) is 14.5 Å². The molecule has 0 aliphatic heterocycles. The molecule has 0 spiro atoms. The molecule has 0 heterocycles. The van der Waals surface area contributed by atoms with Crippen molar-refractivity contribution in [3.05, 3.63) is 35.4 Å². The average molecular weight is 262 g/mol. The third-order valence-corrected chi connectivity index (χ3v) is 3.05. The summed E-state index contributed by atoms with van der Waals surface area (Å²) in [6, 6.07) is 7.52. The first-order valence-corrected chi connectivity index (χ1v) is 6.46. The summed E-state index contributed by atoms with van der Waals surface area (Å²) in [7, 11) is 3.44. The summed E-state index contributed by atoms with van der Waals surface area (Å²) in [6.07, 6.45) is 0. The summed E-state index contributed by atoms with van der Waals surface area (Å²) in [5.41, 5.74) is 1.83. The normalized spacial score (nSPS) is 10.6. The molecule has 0 aliphatic rings. The van der Waals surface area contributed by atoms with Gasteiger partial charge in [-0.05, 0) is 13.5 Å². The van der Waals surface area contributed by atoms with E-state index in [1.54, 1.807) is 19.0 Å². The summed E-state index contributed by atoms with van der Waals surface area (Å²) < 4.78 is 0. The van der Waals surface area contributed by atoms with Crippen LogP contribution in [0.4, 0.5) is 0 Å². The van der Waals surface area contributed by atoms with Crippen molar-refractivity contribution < 1.29 is 9.59 Å². The van der Waals surface area contributed by atoms with Crippen LogP contribution in [0.15, 0.2) is 24.3 Å². The van der Waals surface area contributed by atoms with Gasteiger partial charge < -0.3 is 4.90 Å². The van der Waals surface area contributed by atoms with E-state index in [0.29, 0.717) is 12.1 Å². The van der Waals surface area contributed by atoms with Crippen molar-refractivity contribution in [1.82, 2.24) is 9.80 Å². The second-order valence-electron chi connectivity index (χ2n) is 4.88. The Kier molecular flexibility index (Phi) is 5.70. The molecule has 4 nitrogen and oxygen atoms in total. The fourth-order valence-electron chi connectivity index (χ4n) is 1.65. The quantitative estimate of drug-likeness (QED) is 0.731. The third-order valence-electron chi connectivity index (χ3n) is 3.05. The lowest BCUT2D eigenvalue weighted by Gasteiger charge is -2.21. The number of carbonyl (C=O) groups excluding carboxylic acids is 2. The highest BCUT2D eigenvalue weighted by Gasteiger charge is 2.15. The maximum atomic E-state index is 12.1. The van der Waals surface area contributed by atoms with Crippen LogP contribution in [-0.4, -0.2) is 55.2 Å². The van der Waals surface area contributed by atoms with E-state index in [-0.39, 0.29) is 24.8 Å². The second-order valence-corrected chi connectivity index (χ2v) is 4.88. The average Bonchev–Trinajstić information content (AvgIpc) is 2.38. The zero-order chi connectivity index (χ0) is 14.4. The van der Waals surface area contributed by atoms with Crippen LogP contribution in [-0.2, 0) is 4.79 Å². The van der Waals surface area contributed by atoms with Gasteiger partial charge in [0.1, 0.15) is 0 Å². The molecule has 0 saturated carbocycles. The van der Waals surface area contributed by atoms with Gasteiger partial charge in [-0.15, -0.1) is 0 Å². The molecule has 0 bridgehead atoms. The SMILES string of the molecule is CCN(CC(=O)c1ccc(C)cc1)CC(=O)N(C)C. The molecule has 0 radical (unpaired) electrons. The molecular weight excluding hydrogens is 240 g/mol. The van der Waals surface area contributed by atoms with E-state index in [4.69, 9.17) is 0 Å². The largest absolute Gasteiger partial charge is 0.348 e. The van der Waals surface area contributed by atoms with Crippen LogP contribution in [0.3, 0.4) is 0 Å². The van der Waals surface area contributed by atoms with Crippen LogP contribution in [0.5, 0.6) is 0 Å².